The van der Waals surface area contributed by atoms with Crippen molar-refractivity contribution in [2.75, 3.05) is 29.9 Å². The van der Waals surface area contributed by atoms with Crippen LogP contribution in [-0.4, -0.2) is 52.0 Å². The van der Waals surface area contributed by atoms with Gasteiger partial charge in [-0.2, -0.15) is 23.3 Å². The highest BCUT2D eigenvalue weighted by molar-refractivity contribution is 5.54. The van der Waals surface area contributed by atoms with E-state index in [1.165, 1.54) is 12.8 Å². The Labute approximate surface area is 160 Å². The summed E-state index contributed by atoms with van der Waals surface area (Å²) in [5, 5.41) is 13.1. The van der Waals surface area contributed by atoms with Gasteiger partial charge >= 0.3 is 6.18 Å². The Morgan fingerprint density at radius 2 is 2.07 bits per heavy atom. The SMILES string of the molecule is FC(F)(F)CNCC12CC(C1)N(c1nccc(Nc3cc(C4CC4)[nH]n3)n1)C2. The van der Waals surface area contributed by atoms with E-state index in [1.54, 1.807) is 12.3 Å². The smallest absolute Gasteiger partial charge is 0.337 e. The summed E-state index contributed by atoms with van der Waals surface area (Å²) in [4.78, 5) is 11.1. The fraction of sp³-hybridized carbons (Fsp3) is 0.611. The second-order valence-corrected chi connectivity index (χ2v) is 8.26. The number of fused-ring (bicyclic) bond motifs is 1. The number of nitrogens with zero attached hydrogens (tertiary/aromatic N) is 4. The lowest BCUT2D eigenvalue weighted by molar-refractivity contribution is -0.125. The Morgan fingerprint density at radius 3 is 2.82 bits per heavy atom. The van der Waals surface area contributed by atoms with Crippen molar-refractivity contribution in [1.82, 2.24) is 25.5 Å². The van der Waals surface area contributed by atoms with Crippen LogP contribution in [0.25, 0.3) is 0 Å². The van der Waals surface area contributed by atoms with Crippen LogP contribution in [0.4, 0.5) is 30.8 Å². The third kappa shape index (κ3) is 3.52. The maximum absolute atomic E-state index is 12.4. The van der Waals surface area contributed by atoms with Crippen molar-refractivity contribution in [1.29, 1.82) is 0 Å². The third-order valence-electron chi connectivity index (χ3n) is 5.88. The minimum atomic E-state index is -4.17. The minimum absolute atomic E-state index is 0.107. The van der Waals surface area contributed by atoms with Gasteiger partial charge in [-0.15, -0.1) is 0 Å². The van der Waals surface area contributed by atoms with E-state index >= 15 is 0 Å². The first-order chi connectivity index (χ1) is 13.4. The molecule has 7 nitrogen and oxygen atoms in total. The van der Waals surface area contributed by atoms with E-state index in [0.717, 1.165) is 24.4 Å². The molecule has 3 N–H and O–H groups in total. The molecular formula is C18H22F3N7. The molecule has 4 fully saturated rings. The van der Waals surface area contributed by atoms with Gasteiger partial charge in [0.05, 0.1) is 6.54 Å². The average molecular weight is 393 g/mol. The second-order valence-electron chi connectivity index (χ2n) is 8.26. The van der Waals surface area contributed by atoms with Crippen molar-refractivity contribution >= 4 is 17.6 Å². The van der Waals surface area contributed by atoms with Crippen molar-refractivity contribution in [3.8, 4) is 0 Å². The maximum Gasteiger partial charge on any atom is 0.401 e. The van der Waals surface area contributed by atoms with Gasteiger partial charge < -0.3 is 15.5 Å². The lowest BCUT2D eigenvalue weighted by Gasteiger charge is -2.37. The molecule has 0 spiro atoms. The number of nitrogens with one attached hydrogen (secondary N) is 3. The van der Waals surface area contributed by atoms with Gasteiger partial charge in [0.15, 0.2) is 5.82 Å². The van der Waals surface area contributed by atoms with Crippen molar-refractivity contribution < 1.29 is 13.2 Å². The van der Waals surface area contributed by atoms with Crippen molar-refractivity contribution in [2.24, 2.45) is 5.41 Å². The number of hydrogen-bond donors (Lipinski definition) is 3. The predicted octanol–water partition coefficient (Wildman–Crippen LogP) is 2.94. The molecular weight excluding hydrogens is 371 g/mol. The number of hydrogen-bond acceptors (Lipinski definition) is 6. The molecule has 2 bridgehead atoms. The molecule has 2 aliphatic heterocycles. The second kappa shape index (κ2) is 6.33. The zero-order chi connectivity index (χ0) is 19.4. The summed E-state index contributed by atoms with van der Waals surface area (Å²) < 4.78 is 37.1. The maximum atomic E-state index is 12.4. The van der Waals surface area contributed by atoms with Crippen LogP contribution in [0, 0.1) is 5.41 Å². The van der Waals surface area contributed by atoms with Crippen molar-refractivity contribution in [3.63, 3.8) is 0 Å². The number of H-pyrrole nitrogens is 1. The molecule has 0 aromatic carbocycles. The Bertz CT molecular complexity index is 855. The fourth-order valence-corrected chi connectivity index (χ4v) is 4.38. The van der Waals surface area contributed by atoms with E-state index in [2.05, 4.69) is 35.7 Å². The van der Waals surface area contributed by atoms with E-state index in [-0.39, 0.29) is 5.41 Å². The summed E-state index contributed by atoms with van der Waals surface area (Å²) in [6, 6.07) is 4.10. The predicted molar refractivity (Wildman–Crippen MR) is 97.6 cm³/mol. The first-order valence-electron chi connectivity index (χ1n) is 9.59. The van der Waals surface area contributed by atoms with Crippen LogP contribution in [0.5, 0.6) is 0 Å². The highest BCUT2D eigenvalue weighted by atomic mass is 19.4. The number of rotatable bonds is 7. The third-order valence-corrected chi connectivity index (χ3v) is 5.88. The molecule has 0 radical (unpaired) electrons. The molecule has 2 aliphatic carbocycles. The molecule has 150 valence electrons. The quantitative estimate of drug-likeness (QED) is 0.671. The average Bonchev–Trinajstić information content (AvgIpc) is 3.09. The summed E-state index contributed by atoms with van der Waals surface area (Å²) in [5.74, 6) is 2.60. The van der Waals surface area contributed by atoms with Crippen LogP contribution in [-0.2, 0) is 0 Å². The zero-order valence-electron chi connectivity index (χ0n) is 15.3. The molecule has 2 saturated carbocycles. The lowest BCUT2D eigenvalue weighted by Crippen LogP contribution is -2.44. The van der Waals surface area contributed by atoms with E-state index < -0.39 is 12.7 Å². The van der Waals surface area contributed by atoms with Crippen LogP contribution >= 0.6 is 0 Å². The van der Waals surface area contributed by atoms with Gasteiger partial charge in [0.1, 0.15) is 5.82 Å². The number of anilines is 3. The normalized spacial score (nSPS) is 26.4. The van der Waals surface area contributed by atoms with Crippen LogP contribution in [0.15, 0.2) is 18.3 Å². The van der Waals surface area contributed by atoms with E-state index in [0.29, 0.717) is 36.8 Å². The molecule has 4 heterocycles. The summed E-state index contributed by atoms with van der Waals surface area (Å²) >= 11 is 0. The molecule has 2 aromatic rings. The lowest BCUT2D eigenvalue weighted by atomic mass is 9.70. The Kier molecular flexibility index (Phi) is 4.01. The van der Waals surface area contributed by atoms with E-state index in [1.807, 2.05) is 6.07 Å². The summed E-state index contributed by atoms with van der Waals surface area (Å²) in [5.41, 5.74) is 1.04. The molecule has 4 aliphatic rings. The largest absolute Gasteiger partial charge is 0.401 e. The number of aromatic amines is 1. The van der Waals surface area contributed by atoms with Crippen LogP contribution in [0.1, 0.15) is 37.3 Å². The first kappa shape index (κ1) is 17.7. The van der Waals surface area contributed by atoms with Crippen LogP contribution in [0.2, 0.25) is 0 Å². The summed E-state index contributed by atoms with van der Waals surface area (Å²) in [6.07, 6.45) is 1.69. The number of aromatic nitrogens is 4. The first-order valence-corrected chi connectivity index (χ1v) is 9.59. The Balaban J connectivity index is 1.22. The molecule has 10 heteroatoms. The monoisotopic (exact) mass is 393 g/mol. The molecule has 2 saturated heterocycles. The standard InChI is InChI=1S/C18H22F3N7/c19-18(20,21)9-22-8-17-6-12(7-17)28(10-17)16-23-4-3-14(25-16)24-15-5-13(26-27-15)11-1-2-11/h3-5,11-12,22H,1-2,6-10H2,(H2,23,24,25,26,27). The van der Waals surface area contributed by atoms with Gasteiger partial charge in [-0.05, 0) is 31.7 Å². The van der Waals surface area contributed by atoms with E-state index in [4.69, 9.17) is 0 Å². The van der Waals surface area contributed by atoms with Gasteiger partial charge in [0.25, 0.3) is 0 Å². The molecule has 28 heavy (non-hydrogen) atoms. The van der Waals surface area contributed by atoms with Gasteiger partial charge in [0, 0.05) is 48.4 Å². The minimum Gasteiger partial charge on any atom is -0.337 e. The Hall–Kier alpha value is -2.36. The highest BCUT2D eigenvalue weighted by Crippen LogP contribution is 2.52. The molecule has 6 rings (SSSR count). The topological polar surface area (TPSA) is 81.8 Å². The zero-order valence-corrected chi connectivity index (χ0v) is 15.3. The van der Waals surface area contributed by atoms with Gasteiger partial charge in [-0.25, -0.2) is 4.98 Å². The van der Waals surface area contributed by atoms with Crippen LogP contribution < -0.4 is 15.5 Å². The molecule has 2 aromatic heterocycles. The number of halogens is 3. The molecule has 0 atom stereocenters. The van der Waals surface area contributed by atoms with Gasteiger partial charge in [-0.3, -0.25) is 5.10 Å². The molecule has 0 unspecified atom stereocenters. The van der Waals surface area contributed by atoms with Crippen LogP contribution in [0.3, 0.4) is 0 Å². The highest BCUT2D eigenvalue weighted by Gasteiger charge is 2.55. The Morgan fingerprint density at radius 1 is 1.25 bits per heavy atom. The van der Waals surface area contributed by atoms with Gasteiger partial charge in [-0.1, -0.05) is 0 Å². The fourth-order valence-electron chi connectivity index (χ4n) is 4.38. The number of alkyl halides is 3. The van der Waals surface area contributed by atoms with Gasteiger partial charge in [0.2, 0.25) is 5.95 Å². The summed E-state index contributed by atoms with van der Waals surface area (Å²) in [7, 11) is 0. The van der Waals surface area contributed by atoms with Crippen molar-refractivity contribution in [3.05, 3.63) is 24.0 Å². The molecule has 0 amide bonds. The summed E-state index contributed by atoms with van der Waals surface area (Å²) in [6.45, 7) is 0.108. The van der Waals surface area contributed by atoms with E-state index in [9.17, 15) is 13.2 Å². The van der Waals surface area contributed by atoms with Crippen molar-refractivity contribution in [2.45, 2.75) is 43.8 Å².